The summed E-state index contributed by atoms with van der Waals surface area (Å²) in [6.45, 7) is 14.1. The van der Waals surface area contributed by atoms with E-state index in [2.05, 4.69) is 55.4 Å². The first-order valence-corrected chi connectivity index (χ1v) is 42.2. The molecule has 0 heterocycles. The third kappa shape index (κ3) is 69.0. The second kappa shape index (κ2) is 65.4. The number of carbonyl (C=O) groups excluding carboxylic acids is 4. The minimum absolute atomic E-state index is 0.101. The number of unbranched alkanes of at least 4 members (excludes halogenated alkanes) is 38. The molecule has 3 unspecified atom stereocenters. The molecule has 0 aliphatic heterocycles. The van der Waals surface area contributed by atoms with Crippen LogP contribution < -0.4 is 0 Å². The molecule has 0 aliphatic rings. The van der Waals surface area contributed by atoms with E-state index in [-0.39, 0.29) is 25.7 Å². The van der Waals surface area contributed by atoms with Crippen molar-refractivity contribution in [1.29, 1.82) is 0 Å². The number of hydrogen-bond donors (Lipinski definition) is 3. The Hall–Kier alpha value is -1.94. The first-order chi connectivity index (χ1) is 45.6. The largest absolute Gasteiger partial charge is 0.472 e. The second-order valence-corrected chi connectivity index (χ2v) is 32.0. The summed E-state index contributed by atoms with van der Waals surface area (Å²) in [7, 11) is -9.91. The van der Waals surface area contributed by atoms with E-state index in [0.717, 1.165) is 108 Å². The fourth-order valence-electron chi connectivity index (χ4n) is 11.5. The number of aliphatic hydroxyl groups excluding tert-OH is 1. The zero-order chi connectivity index (χ0) is 70.3. The quantitative estimate of drug-likeness (QED) is 0.0222. The molecule has 6 atom stereocenters. The Morgan fingerprint density at radius 2 is 0.505 bits per heavy atom. The van der Waals surface area contributed by atoms with Crippen molar-refractivity contribution >= 4 is 39.5 Å². The van der Waals surface area contributed by atoms with Gasteiger partial charge in [-0.05, 0) is 49.4 Å². The fraction of sp³-hybridized carbons (Fsp3) is 0.947. The Morgan fingerprint density at radius 1 is 0.295 bits per heavy atom. The smallest absolute Gasteiger partial charge is 0.462 e. The van der Waals surface area contributed by atoms with Gasteiger partial charge in [-0.1, -0.05) is 331 Å². The van der Waals surface area contributed by atoms with Crippen molar-refractivity contribution in [3.63, 3.8) is 0 Å². The van der Waals surface area contributed by atoms with E-state index >= 15 is 0 Å². The van der Waals surface area contributed by atoms with E-state index in [9.17, 15) is 43.2 Å². The summed E-state index contributed by atoms with van der Waals surface area (Å²) in [5, 5.41) is 10.6. The molecule has 564 valence electrons. The lowest BCUT2D eigenvalue weighted by Gasteiger charge is -2.21. The molecule has 17 nitrogen and oxygen atoms in total. The molecule has 0 aliphatic carbocycles. The predicted octanol–water partition coefficient (Wildman–Crippen LogP) is 22.0. The molecule has 0 spiro atoms. The van der Waals surface area contributed by atoms with Crippen LogP contribution in [0.1, 0.15) is 383 Å². The van der Waals surface area contributed by atoms with Crippen LogP contribution in [-0.2, 0) is 65.4 Å². The van der Waals surface area contributed by atoms with E-state index in [0.29, 0.717) is 37.5 Å². The molecule has 0 rings (SSSR count). The average molecular weight is 1400 g/mol. The zero-order valence-electron chi connectivity index (χ0n) is 62.3. The number of carbonyl (C=O) groups is 4. The summed E-state index contributed by atoms with van der Waals surface area (Å²) in [5.41, 5.74) is 0. The number of hydrogen-bond acceptors (Lipinski definition) is 15. The maximum Gasteiger partial charge on any atom is 0.472 e. The number of aliphatic hydroxyl groups is 1. The van der Waals surface area contributed by atoms with E-state index in [1.807, 2.05) is 0 Å². The van der Waals surface area contributed by atoms with E-state index in [1.54, 1.807) is 0 Å². The second-order valence-electron chi connectivity index (χ2n) is 29.1. The van der Waals surface area contributed by atoms with Gasteiger partial charge < -0.3 is 33.8 Å². The average Bonchev–Trinajstić information content (AvgIpc) is 1.44. The maximum atomic E-state index is 13.1. The fourth-order valence-corrected chi connectivity index (χ4v) is 13.1. The van der Waals surface area contributed by atoms with Gasteiger partial charge in [-0.15, -0.1) is 0 Å². The van der Waals surface area contributed by atoms with Crippen LogP contribution in [0.25, 0.3) is 0 Å². The molecule has 19 heteroatoms. The van der Waals surface area contributed by atoms with Gasteiger partial charge in [0.15, 0.2) is 12.2 Å². The third-order valence-electron chi connectivity index (χ3n) is 17.9. The normalized spacial score (nSPS) is 14.4. The van der Waals surface area contributed by atoms with Crippen LogP contribution in [0.4, 0.5) is 0 Å². The van der Waals surface area contributed by atoms with Crippen LogP contribution in [0.5, 0.6) is 0 Å². The van der Waals surface area contributed by atoms with Crippen molar-refractivity contribution < 1.29 is 80.2 Å². The van der Waals surface area contributed by atoms with E-state index < -0.39 is 97.5 Å². The Labute approximate surface area is 581 Å². The van der Waals surface area contributed by atoms with Crippen molar-refractivity contribution in [1.82, 2.24) is 0 Å². The van der Waals surface area contributed by atoms with Crippen LogP contribution in [0.3, 0.4) is 0 Å². The van der Waals surface area contributed by atoms with Gasteiger partial charge in [-0.3, -0.25) is 37.3 Å². The van der Waals surface area contributed by atoms with Gasteiger partial charge >= 0.3 is 39.5 Å². The summed E-state index contributed by atoms with van der Waals surface area (Å²) >= 11 is 0. The van der Waals surface area contributed by atoms with Crippen molar-refractivity contribution in [3.05, 3.63) is 0 Å². The molecule has 0 fully saturated rings. The molecule has 0 aromatic carbocycles. The minimum atomic E-state index is -4.96. The highest BCUT2D eigenvalue weighted by Crippen LogP contribution is 2.45. The summed E-state index contributed by atoms with van der Waals surface area (Å²) < 4.78 is 68.4. The third-order valence-corrected chi connectivity index (χ3v) is 19.8. The first kappa shape index (κ1) is 93.1. The first-order valence-electron chi connectivity index (χ1n) is 39.2. The number of phosphoric ester groups is 2. The Bertz CT molecular complexity index is 1870. The standard InChI is InChI=1S/C76H148O17P2/c1-9-69(8)55-47-39-29-25-21-17-14-15-19-23-27-31-42-50-58-75(80)92-71(62-86-73(78)56-48-40-30-26-22-18-13-11-10-12-16-20-24-28-36-44-52-66(2)3)64-90-94(82,83)88-60-70(77)61-89-95(84,85)91-65-72(93-76(81)59-51-43-35-33-38-46-54-68(6)7)63-87-74(79)57-49-41-34-32-37-45-53-67(4)5/h66-72,77H,9-65H2,1-8H3,(H,82,83)(H,84,85)/t69?,70-,71-,72-/m1/s1. The van der Waals surface area contributed by atoms with Crippen molar-refractivity contribution in [2.24, 2.45) is 23.7 Å². The zero-order valence-corrected chi connectivity index (χ0v) is 64.1. The van der Waals surface area contributed by atoms with Gasteiger partial charge in [-0.25, -0.2) is 9.13 Å². The van der Waals surface area contributed by atoms with Crippen molar-refractivity contribution in [3.8, 4) is 0 Å². The molecular formula is C76H148O17P2. The van der Waals surface area contributed by atoms with Gasteiger partial charge in [0.1, 0.15) is 19.3 Å². The molecule has 3 N–H and O–H groups in total. The van der Waals surface area contributed by atoms with Gasteiger partial charge in [0.2, 0.25) is 0 Å². The minimum Gasteiger partial charge on any atom is -0.462 e. The molecule has 0 radical (unpaired) electrons. The summed E-state index contributed by atoms with van der Waals surface area (Å²) in [6, 6.07) is 0. The van der Waals surface area contributed by atoms with E-state index in [4.69, 9.17) is 37.0 Å². The topological polar surface area (TPSA) is 237 Å². The number of ether oxygens (including phenoxy) is 4. The molecule has 0 aromatic heterocycles. The lowest BCUT2D eigenvalue weighted by atomic mass is 9.99. The summed E-state index contributed by atoms with van der Waals surface area (Å²) in [5.74, 6) is 0.880. The number of phosphoric acid groups is 2. The van der Waals surface area contributed by atoms with Gasteiger partial charge in [0.25, 0.3) is 0 Å². The molecule has 0 amide bonds. The molecule has 95 heavy (non-hydrogen) atoms. The lowest BCUT2D eigenvalue weighted by molar-refractivity contribution is -0.161. The van der Waals surface area contributed by atoms with E-state index in [1.165, 1.54) is 180 Å². The Kier molecular flexibility index (Phi) is 64.0. The predicted molar refractivity (Wildman–Crippen MR) is 386 cm³/mol. The van der Waals surface area contributed by atoms with Crippen LogP contribution in [-0.4, -0.2) is 96.7 Å². The number of rotatable bonds is 73. The van der Waals surface area contributed by atoms with Crippen molar-refractivity contribution in [2.45, 2.75) is 401 Å². The van der Waals surface area contributed by atoms with Gasteiger partial charge in [-0.2, -0.15) is 0 Å². The Balaban J connectivity index is 5.19. The van der Waals surface area contributed by atoms with Gasteiger partial charge in [0.05, 0.1) is 26.4 Å². The summed E-state index contributed by atoms with van der Waals surface area (Å²) in [6.07, 6.45) is 50.4. The van der Waals surface area contributed by atoms with Crippen LogP contribution in [0.15, 0.2) is 0 Å². The summed E-state index contributed by atoms with van der Waals surface area (Å²) in [4.78, 5) is 72.7. The molecular weight excluding hydrogens is 1250 g/mol. The highest BCUT2D eigenvalue weighted by molar-refractivity contribution is 7.47. The number of esters is 4. The van der Waals surface area contributed by atoms with Gasteiger partial charge in [0, 0.05) is 25.7 Å². The lowest BCUT2D eigenvalue weighted by Crippen LogP contribution is -2.30. The van der Waals surface area contributed by atoms with Crippen LogP contribution in [0.2, 0.25) is 0 Å². The molecule has 0 aromatic rings. The SMILES string of the molecule is CCC(C)CCCCCCCCCCCCCCCCC(=O)O[C@H](COC(=O)CCCCCCCCCCCCCCCCCCC(C)C)COP(=O)(O)OC[C@@H](O)COP(=O)(O)OC[C@@H](COC(=O)CCCCCCCCC(C)C)OC(=O)CCCCCCCCC(C)C. The maximum absolute atomic E-state index is 13.1. The highest BCUT2D eigenvalue weighted by Gasteiger charge is 2.30. The molecule has 0 bridgehead atoms. The van der Waals surface area contributed by atoms with Crippen molar-refractivity contribution in [2.75, 3.05) is 39.6 Å². The molecule has 0 saturated carbocycles. The Morgan fingerprint density at radius 3 is 0.747 bits per heavy atom. The van der Waals surface area contributed by atoms with Crippen LogP contribution in [0, 0.1) is 23.7 Å². The monoisotopic (exact) mass is 1400 g/mol. The van der Waals surface area contributed by atoms with Crippen LogP contribution >= 0.6 is 15.6 Å². The molecule has 0 saturated heterocycles. The highest BCUT2D eigenvalue weighted by atomic mass is 31.2.